The summed E-state index contributed by atoms with van der Waals surface area (Å²) in [4.78, 5) is 5.62. The summed E-state index contributed by atoms with van der Waals surface area (Å²) in [5.41, 5.74) is 17.2. The zero-order chi connectivity index (χ0) is 32.3. The third-order valence-electron chi connectivity index (χ3n) is 11.6. The zero-order valence-electron chi connectivity index (χ0n) is 27.5. The Hall–Kier alpha value is -4.57. The van der Waals surface area contributed by atoms with Crippen LogP contribution in [0.1, 0.15) is 26.3 Å². The number of nitrogens with zero attached hydrogens (tertiary/aromatic N) is 1. The van der Waals surface area contributed by atoms with Crippen LogP contribution in [0.5, 0.6) is 0 Å². The lowest BCUT2D eigenvalue weighted by molar-refractivity contribution is 0.590. The predicted octanol–water partition coefficient (Wildman–Crippen LogP) is 7.49. The minimum Gasteiger partial charge on any atom is -0.311 e. The third kappa shape index (κ3) is 3.29. The molecule has 4 aliphatic rings. The van der Waals surface area contributed by atoms with Gasteiger partial charge in [0.1, 0.15) is 0 Å². The molecule has 0 bridgehead atoms. The maximum absolute atomic E-state index is 2.73. The fourth-order valence-electron chi connectivity index (χ4n) is 9.60. The molecule has 0 aliphatic carbocycles. The van der Waals surface area contributed by atoms with E-state index in [-0.39, 0.29) is 18.8 Å². The molecule has 0 radical (unpaired) electrons. The van der Waals surface area contributed by atoms with Crippen LogP contribution in [0.2, 0.25) is 0 Å². The van der Waals surface area contributed by atoms with Crippen molar-refractivity contribution in [1.29, 1.82) is 0 Å². The molecule has 12 rings (SSSR count). The first kappa shape index (κ1) is 27.3. The molecule has 0 fully saturated rings. The van der Waals surface area contributed by atoms with Gasteiger partial charge in [0.15, 0.2) is 0 Å². The molecule has 1 aromatic heterocycles. The number of hydrogen-bond acceptors (Lipinski definition) is 2. The summed E-state index contributed by atoms with van der Waals surface area (Å²) in [5, 5.41) is 5.46. The quantitative estimate of drug-likeness (QED) is 0.169. The van der Waals surface area contributed by atoms with Crippen molar-refractivity contribution in [2.45, 2.75) is 45.8 Å². The van der Waals surface area contributed by atoms with E-state index in [4.69, 9.17) is 0 Å². The number of aromatic nitrogens is 1. The summed E-state index contributed by atoms with van der Waals surface area (Å²) in [6.45, 7) is 7.33. The zero-order valence-corrected chi connectivity index (χ0v) is 29.1. The lowest BCUT2D eigenvalue weighted by Gasteiger charge is -2.42. The third-order valence-corrected chi connectivity index (χ3v) is 14.1. The molecule has 7 aromatic carbocycles. The van der Waals surface area contributed by atoms with Gasteiger partial charge < -0.3 is 4.57 Å². The Labute approximate surface area is 294 Å². The SMILES string of the molecule is CC(C)(C)c1cccc(-c2c3c4c5c6c2Sc2ccccc2B6c2cc6ccccc6c6c7cccc(c7n-5c26)B4c2ccccc2S3)c1. The van der Waals surface area contributed by atoms with Crippen molar-refractivity contribution < 1.29 is 0 Å². The molecule has 4 aliphatic heterocycles. The van der Waals surface area contributed by atoms with Crippen LogP contribution in [0, 0.1) is 0 Å². The Morgan fingerprint density at radius 3 is 1.90 bits per heavy atom. The Morgan fingerprint density at radius 1 is 0.551 bits per heavy atom. The second-order valence-electron chi connectivity index (χ2n) is 15.2. The second kappa shape index (κ2) is 9.15. The molecule has 49 heavy (non-hydrogen) atoms. The van der Waals surface area contributed by atoms with Gasteiger partial charge in [-0.15, -0.1) is 0 Å². The fraction of sp³-hybridized carbons (Fsp3) is 0.0909. The normalized spacial score (nSPS) is 14.6. The van der Waals surface area contributed by atoms with Crippen LogP contribution in [-0.2, 0) is 5.41 Å². The van der Waals surface area contributed by atoms with Gasteiger partial charge in [0, 0.05) is 52.6 Å². The van der Waals surface area contributed by atoms with Gasteiger partial charge in [-0.3, -0.25) is 0 Å². The fourth-order valence-corrected chi connectivity index (χ4v) is 12.3. The van der Waals surface area contributed by atoms with Crippen LogP contribution < -0.4 is 32.8 Å². The summed E-state index contributed by atoms with van der Waals surface area (Å²) in [5.74, 6) is 0. The minimum atomic E-state index is 0.0544. The Bertz CT molecular complexity index is 2840. The van der Waals surface area contributed by atoms with Gasteiger partial charge in [0.2, 0.25) is 13.4 Å². The maximum Gasteiger partial charge on any atom is 0.249 e. The van der Waals surface area contributed by atoms with Crippen LogP contribution in [0.4, 0.5) is 0 Å². The summed E-state index contributed by atoms with van der Waals surface area (Å²) in [6.07, 6.45) is 0. The van der Waals surface area contributed by atoms with Gasteiger partial charge in [-0.25, -0.2) is 0 Å². The largest absolute Gasteiger partial charge is 0.311 e. The second-order valence-corrected chi connectivity index (χ2v) is 17.3. The van der Waals surface area contributed by atoms with Crippen LogP contribution >= 0.6 is 23.5 Å². The van der Waals surface area contributed by atoms with Crippen molar-refractivity contribution in [2.24, 2.45) is 0 Å². The molecule has 5 heteroatoms. The van der Waals surface area contributed by atoms with Crippen LogP contribution in [0.3, 0.4) is 0 Å². The highest BCUT2D eigenvalue weighted by Gasteiger charge is 2.49. The molecule has 0 saturated heterocycles. The van der Waals surface area contributed by atoms with Crippen molar-refractivity contribution in [2.75, 3.05) is 0 Å². The van der Waals surface area contributed by atoms with Crippen LogP contribution in [0.25, 0.3) is 49.4 Å². The number of fused-ring (bicyclic) bond motifs is 9. The Morgan fingerprint density at radius 2 is 1.16 bits per heavy atom. The van der Waals surface area contributed by atoms with E-state index in [1.807, 2.05) is 23.5 Å². The summed E-state index contributed by atoms with van der Waals surface area (Å²) in [7, 11) is 0. The van der Waals surface area contributed by atoms with E-state index in [9.17, 15) is 0 Å². The van der Waals surface area contributed by atoms with E-state index in [2.05, 4.69) is 147 Å². The first-order chi connectivity index (χ1) is 24.0. The number of benzene rings is 7. The van der Waals surface area contributed by atoms with Gasteiger partial charge in [-0.1, -0.05) is 164 Å². The number of rotatable bonds is 1. The topological polar surface area (TPSA) is 4.93 Å². The van der Waals surface area contributed by atoms with Gasteiger partial charge in [-0.2, -0.15) is 0 Å². The Balaban J connectivity index is 1.36. The van der Waals surface area contributed by atoms with E-state index in [1.54, 1.807) is 0 Å². The van der Waals surface area contributed by atoms with E-state index >= 15 is 0 Å². The average Bonchev–Trinajstić information content (AvgIpc) is 3.48. The Kier molecular flexibility index (Phi) is 5.09. The van der Waals surface area contributed by atoms with Crippen molar-refractivity contribution in [3.05, 3.63) is 127 Å². The average molecular weight is 657 g/mol. The van der Waals surface area contributed by atoms with Crippen molar-refractivity contribution in [3.63, 3.8) is 0 Å². The summed E-state index contributed by atoms with van der Waals surface area (Å²) in [6, 6.07) is 46.6. The summed E-state index contributed by atoms with van der Waals surface area (Å²) >= 11 is 4.00. The monoisotopic (exact) mass is 657 g/mol. The predicted molar refractivity (Wildman–Crippen MR) is 213 cm³/mol. The van der Waals surface area contributed by atoms with Crippen LogP contribution in [-0.4, -0.2) is 18.0 Å². The van der Waals surface area contributed by atoms with E-state index in [0.29, 0.717) is 0 Å². The van der Waals surface area contributed by atoms with Gasteiger partial charge in [-0.05, 0) is 61.3 Å². The maximum atomic E-state index is 2.73. The lowest BCUT2D eigenvalue weighted by atomic mass is 9.31. The molecule has 0 saturated carbocycles. The molecule has 5 heterocycles. The summed E-state index contributed by atoms with van der Waals surface area (Å²) < 4.78 is 2.73. The molecule has 0 N–H and O–H groups in total. The highest BCUT2D eigenvalue weighted by molar-refractivity contribution is 8.01. The molecule has 0 spiro atoms. The van der Waals surface area contributed by atoms with E-state index in [1.165, 1.54) is 107 Å². The van der Waals surface area contributed by atoms with Crippen molar-refractivity contribution >= 4 is 102 Å². The molecule has 8 aromatic rings. The molecule has 0 amide bonds. The van der Waals surface area contributed by atoms with Gasteiger partial charge in [0.25, 0.3) is 0 Å². The van der Waals surface area contributed by atoms with Crippen LogP contribution in [0.15, 0.2) is 141 Å². The van der Waals surface area contributed by atoms with Gasteiger partial charge in [0.05, 0.1) is 0 Å². The van der Waals surface area contributed by atoms with Gasteiger partial charge >= 0.3 is 0 Å². The highest BCUT2D eigenvalue weighted by atomic mass is 32.2. The first-order valence-corrected chi connectivity index (χ1v) is 19.0. The molecular weight excluding hydrogens is 628 g/mol. The minimum absolute atomic E-state index is 0.0544. The van der Waals surface area contributed by atoms with E-state index < -0.39 is 0 Å². The number of para-hydroxylation sites is 1. The molecular formula is C44H29B2NS2. The first-order valence-electron chi connectivity index (χ1n) is 17.3. The van der Waals surface area contributed by atoms with Crippen molar-refractivity contribution in [3.8, 4) is 16.8 Å². The molecule has 0 atom stereocenters. The smallest absolute Gasteiger partial charge is 0.249 e. The number of hydrogen-bond donors (Lipinski definition) is 0. The lowest BCUT2D eigenvalue weighted by Crippen LogP contribution is -2.66. The molecule has 1 nitrogen and oxygen atoms in total. The molecule has 0 unspecified atom stereocenters. The highest BCUT2D eigenvalue weighted by Crippen LogP contribution is 2.50. The van der Waals surface area contributed by atoms with E-state index in [0.717, 1.165) is 0 Å². The standard InChI is InChI=1S/C44H29B2NS2/c1-44(2,3)26-14-10-13-25(22-26)35-42-37-41-38-43(35)49-34-21-9-7-18-30(34)46(38)32-23-24-12-4-5-15-27(24)36-28-16-11-19-31(39(28)47(41)40(32)36)45(37)29-17-6-8-20-33(29)48-42/h4-23H,1-3H3. The molecule has 228 valence electrons. The van der Waals surface area contributed by atoms with Crippen molar-refractivity contribution in [1.82, 2.24) is 4.57 Å².